The number of carboxylic acid groups (broad SMARTS) is 1. The number of amides is 1. The van der Waals surface area contributed by atoms with Gasteiger partial charge in [-0.3, -0.25) is 9.59 Å². The fraction of sp³-hybridized carbons (Fsp3) is 0.0833. The van der Waals surface area contributed by atoms with E-state index >= 15 is 0 Å². The zero-order chi connectivity index (χ0) is 15.1. The lowest BCUT2D eigenvalue weighted by molar-refractivity contribution is -0.137. The van der Waals surface area contributed by atoms with Crippen LogP contribution in [0.2, 0.25) is 5.02 Å². The number of carboxylic acids is 1. The molecule has 0 aromatic heterocycles. The van der Waals surface area contributed by atoms with Crippen LogP contribution in [0.4, 0.5) is 11.4 Å². The maximum Gasteiger partial charge on any atom is 0.322 e. The Morgan fingerprint density at radius 2 is 2.20 bits per heavy atom. The zero-order valence-electron chi connectivity index (χ0n) is 10.2. The Morgan fingerprint density at radius 3 is 2.75 bits per heavy atom. The van der Waals surface area contributed by atoms with Crippen LogP contribution in [0.1, 0.15) is 0 Å². The molecule has 0 aliphatic heterocycles. The van der Waals surface area contributed by atoms with Crippen molar-refractivity contribution >= 4 is 34.9 Å². The van der Waals surface area contributed by atoms with Crippen molar-refractivity contribution in [2.75, 3.05) is 17.6 Å². The number of rotatable bonds is 5. The Morgan fingerprint density at radius 1 is 1.50 bits per heavy atom. The number of halogens is 1. The summed E-state index contributed by atoms with van der Waals surface area (Å²) in [6, 6.07) is 6.36. The Bertz CT molecular complexity index is 607. The van der Waals surface area contributed by atoms with E-state index in [0.717, 1.165) is 6.20 Å². The molecule has 1 amide bonds. The van der Waals surface area contributed by atoms with Crippen LogP contribution < -0.4 is 16.4 Å². The second-order valence-corrected chi connectivity index (χ2v) is 4.03. The lowest BCUT2D eigenvalue weighted by atomic mass is 10.2. The maximum atomic E-state index is 11.5. The molecule has 8 heteroatoms. The SMILES string of the molecule is N#C/C(=C/Nc1ccc(N)c(Cl)c1)C(=O)NCC(=O)O. The molecule has 0 spiro atoms. The molecule has 1 rings (SSSR count). The van der Waals surface area contributed by atoms with E-state index < -0.39 is 18.4 Å². The molecule has 0 fully saturated rings. The molecule has 1 aromatic carbocycles. The second kappa shape index (κ2) is 7.01. The Balaban J connectivity index is 2.75. The monoisotopic (exact) mass is 294 g/mol. The maximum absolute atomic E-state index is 11.5. The van der Waals surface area contributed by atoms with Crippen LogP contribution in [0.15, 0.2) is 30.0 Å². The lowest BCUT2D eigenvalue weighted by Gasteiger charge is -2.05. The van der Waals surface area contributed by atoms with Gasteiger partial charge in [0.15, 0.2) is 0 Å². The zero-order valence-corrected chi connectivity index (χ0v) is 10.9. The molecule has 0 saturated heterocycles. The van der Waals surface area contributed by atoms with Gasteiger partial charge in [0.2, 0.25) is 0 Å². The molecule has 20 heavy (non-hydrogen) atoms. The van der Waals surface area contributed by atoms with Crippen LogP contribution in [0.25, 0.3) is 0 Å². The van der Waals surface area contributed by atoms with Crippen molar-refractivity contribution in [1.29, 1.82) is 5.26 Å². The molecule has 1 aromatic rings. The first-order valence-corrected chi connectivity index (χ1v) is 5.73. The Hall–Kier alpha value is -2.72. The number of nitrogens with zero attached hydrogens (tertiary/aromatic N) is 1. The minimum atomic E-state index is -1.20. The number of nitrogens with two attached hydrogens (primary N) is 1. The molecular weight excluding hydrogens is 284 g/mol. The molecule has 0 radical (unpaired) electrons. The van der Waals surface area contributed by atoms with Gasteiger partial charge in [-0.25, -0.2) is 0 Å². The van der Waals surface area contributed by atoms with Gasteiger partial charge in [0.05, 0.1) is 10.7 Å². The number of carbonyl (C=O) groups excluding carboxylic acids is 1. The van der Waals surface area contributed by atoms with Crippen molar-refractivity contribution in [2.24, 2.45) is 0 Å². The summed E-state index contributed by atoms with van der Waals surface area (Å²) in [5.41, 5.74) is 6.21. The summed E-state index contributed by atoms with van der Waals surface area (Å²) in [6.45, 7) is -0.564. The average molecular weight is 295 g/mol. The smallest absolute Gasteiger partial charge is 0.322 e. The highest BCUT2D eigenvalue weighted by molar-refractivity contribution is 6.33. The van der Waals surface area contributed by atoms with Gasteiger partial charge in [0.25, 0.3) is 5.91 Å². The summed E-state index contributed by atoms with van der Waals surface area (Å²) in [5.74, 6) is -1.99. The van der Waals surface area contributed by atoms with Gasteiger partial charge in [-0.15, -0.1) is 0 Å². The Kier molecular flexibility index (Phi) is 5.38. The number of benzene rings is 1. The van der Waals surface area contributed by atoms with Gasteiger partial charge < -0.3 is 21.5 Å². The van der Waals surface area contributed by atoms with Gasteiger partial charge in [-0.2, -0.15) is 5.26 Å². The van der Waals surface area contributed by atoms with Crippen LogP contribution in [0.3, 0.4) is 0 Å². The van der Waals surface area contributed by atoms with E-state index in [1.807, 2.05) is 0 Å². The highest BCUT2D eigenvalue weighted by atomic mass is 35.5. The van der Waals surface area contributed by atoms with Gasteiger partial charge in [-0.1, -0.05) is 11.6 Å². The summed E-state index contributed by atoms with van der Waals surface area (Å²) in [6.07, 6.45) is 1.15. The molecule has 0 heterocycles. The predicted octanol–water partition coefficient (Wildman–Crippen LogP) is 0.942. The van der Waals surface area contributed by atoms with Crippen LogP contribution in [0.5, 0.6) is 0 Å². The number of hydrogen-bond donors (Lipinski definition) is 4. The predicted molar refractivity (Wildman–Crippen MR) is 73.8 cm³/mol. The molecule has 104 valence electrons. The summed E-state index contributed by atoms with van der Waals surface area (Å²) in [5, 5.41) is 22.4. The van der Waals surface area contributed by atoms with E-state index in [1.165, 1.54) is 6.07 Å². The number of nitrogen functional groups attached to an aromatic ring is 1. The third-order valence-electron chi connectivity index (χ3n) is 2.15. The van der Waals surface area contributed by atoms with Gasteiger partial charge in [0.1, 0.15) is 18.2 Å². The number of hydrogen-bond acceptors (Lipinski definition) is 5. The van der Waals surface area contributed by atoms with E-state index in [4.69, 9.17) is 27.7 Å². The highest BCUT2D eigenvalue weighted by Gasteiger charge is 2.09. The van der Waals surface area contributed by atoms with Gasteiger partial charge in [-0.05, 0) is 18.2 Å². The minimum Gasteiger partial charge on any atom is -0.480 e. The van der Waals surface area contributed by atoms with Crippen LogP contribution >= 0.6 is 11.6 Å². The van der Waals surface area contributed by atoms with E-state index in [9.17, 15) is 9.59 Å². The third kappa shape index (κ3) is 4.51. The average Bonchev–Trinajstić information content (AvgIpc) is 2.41. The Labute approximate surface area is 119 Å². The van der Waals surface area contributed by atoms with E-state index in [1.54, 1.807) is 18.2 Å². The third-order valence-corrected chi connectivity index (χ3v) is 2.48. The molecule has 0 aliphatic rings. The van der Waals surface area contributed by atoms with Crippen LogP contribution in [-0.4, -0.2) is 23.5 Å². The summed E-state index contributed by atoms with van der Waals surface area (Å²) < 4.78 is 0. The molecule has 7 nitrogen and oxygen atoms in total. The summed E-state index contributed by atoms with van der Waals surface area (Å²) >= 11 is 5.81. The van der Waals surface area contributed by atoms with Crippen molar-refractivity contribution < 1.29 is 14.7 Å². The van der Waals surface area contributed by atoms with E-state index in [0.29, 0.717) is 16.4 Å². The minimum absolute atomic E-state index is 0.265. The molecule has 5 N–H and O–H groups in total. The molecule has 0 saturated carbocycles. The van der Waals surface area contributed by atoms with Crippen molar-refractivity contribution in [3.8, 4) is 6.07 Å². The number of carbonyl (C=O) groups is 2. The van der Waals surface area contributed by atoms with Crippen LogP contribution in [-0.2, 0) is 9.59 Å². The summed E-state index contributed by atoms with van der Waals surface area (Å²) in [4.78, 5) is 21.8. The number of nitriles is 1. The topological polar surface area (TPSA) is 128 Å². The molecule has 0 atom stereocenters. The standard InChI is InChI=1S/C12H11ClN4O3/c13-9-3-8(1-2-10(9)15)16-5-7(4-14)12(20)17-6-11(18)19/h1-3,5,16H,6,15H2,(H,17,20)(H,18,19)/b7-5-. The highest BCUT2D eigenvalue weighted by Crippen LogP contribution is 2.22. The second-order valence-electron chi connectivity index (χ2n) is 3.63. The van der Waals surface area contributed by atoms with Crippen molar-refractivity contribution in [3.63, 3.8) is 0 Å². The van der Waals surface area contributed by atoms with Crippen LogP contribution in [0, 0.1) is 11.3 Å². The summed E-state index contributed by atoms with van der Waals surface area (Å²) in [7, 11) is 0. The van der Waals surface area contributed by atoms with E-state index in [-0.39, 0.29) is 5.57 Å². The number of aliphatic carboxylic acids is 1. The first kappa shape index (κ1) is 15.3. The quantitative estimate of drug-likeness (QED) is 0.363. The van der Waals surface area contributed by atoms with Crippen molar-refractivity contribution in [1.82, 2.24) is 5.32 Å². The first-order valence-electron chi connectivity index (χ1n) is 5.36. The fourth-order valence-corrected chi connectivity index (χ4v) is 1.35. The van der Waals surface area contributed by atoms with Crippen molar-refractivity contribution in [2.45, 2.75) is 0 Å². The molecule has 0 bridgehead atoms. The largest absolute Gasteiger partial charge is 0.480 e. The first-order chi connectivity index (χ1) is 9.43. The van der Waals surface area contributed by atoms with Gasteiger partial charge >= 0.3 is 5.97 Å². The normalized spacial score (nSPS) is 10.5. The molecular formula is C12H11ClN4O3. The van der Waals surface area contributed by atoms with E-state index in [2.05, 4.69) is 10.6 Å². The lowest BCUT2D eigenvalue weighted by Crippen LogP contribution is -2.30. The molecule has 0 unspecified atom stereocenters. The molecule has 0 aliphatic carbocycles. The van der Waals surface area contributed by atoms with Gasteiger partial charge in [0, 0.05) is 11.9 Å². The number of anilines is 2. The fourth-order valence-electron chi connectivity index (χ4n) is 1.17. The van der Waals surface area contributed by atoms with Crippen molar-refractivity contribution in [3.05, 3.63) is 35.0 Å². The number of nitrogens with one attached hydrogen (secondary N) is 2.